The Morgan fingerprint density at radius 1 is 1.00 bits per heavy atom. The number of fused-ring (bicyclic) bond motifs is 1. The number of aromatic amines is 1. The van der Waals surface area contributed by atoms with E-state index in [1.807, 2.05) is 31.2 Å². The van der Waals surface area contributed by atoms with Crippen molar-refractivity contribution in [2.75, 3.05) is 7.11 Å². The molecule has 0 aliphatic heterocycles. The van der Waals surface area contributed by atoms with E-state index in [1.54, 1.807) is 57.6 Å². The molecule has 1 N–H and O–H groups in total. The van der Waals surface area contributed by atoms with Crippen LogP contribution in [0, 0.1) is 20.8 Å². The van der Waals surface area contributed by atoms with E-state index in [0.717, 1.165) is 16.5 Å². The zero-order valence-electron chi connectivity index (χ0n) is 19.6. The minimum Gasteiger partial charge on any atom is -0.497 e. The molecule has 0 radical (unpaired) electrons. The van der Waals surface area contributed by atoms with Crippen LogP contribution in [-0.2, 0) is 23.1 Å². The number of sulfonamides is 1. The number of hydrogen-bond acceptors (Lipinski definition) is 5. The average molecular weight is 478 g/mol. The molecule has 2 aromatic heterocycles. The fourth-order valence-electron chi connectivity index (χ4n) is 4.29. The highest BCUT2D eigenvalue weighted by Crippen LogP contribution is 2.28. The summed E-state index contributed by atoms with van der Waals surface area (Å²) in [6, 6.07) is 14.4. The van der Waals surface area contributed by atoms with Gasteiger partial charge in [0.05, 0.1) is 12.0 Å². The van der Waals surface area contributed by atoms with Crippen LogP contribution in [0.3, 0.4) is 0 Å². The Morgan fingerprint density at radius 3 is 2.38 bits per heavy atom. The van der Waals surface area contributed by atoms with Gasteiger partial charge in [0.15, 0.2) is 0 Å². The van der Waals surface area contributed by atoms with Crippen molar-refractivity contribution >= 4 is 20.9 Å². The van der Waals surface area contributed by atoms with E-state index < -0.39 is 10.0 Å². The van der Waals surface area contributed by atoms with E-state index in [2.05, 4.69) is 9.97 Å². The van der Waals surface area contributed by atoms with Gasteiger partial charge < -0.3 is 9.72 Å². The van der Waals surface area contributed by atoms with Gasteiger partial charge in [0.1, 0.15) is 5.75 Å². The number of nitrogens with zero attached hydrogens (tertiary/aromatic N) is 2. The number of methoxy groups -OCH3 is 1. The maximum atomic E-state index is 13.9. The Bertz CT molecular complexity index is 1490. The van der Waals surface area contributed by atoms with Gasteiger partial charge in [-0.3, -0.25) is 9.78 Å². The average Bonchev–Trinajstić information content (AvgIpc) is 2.78. The lowest BCUT2D eigenvalue weighted by Gasteiger charge is -2.24. The Hall–Kier alpha value is -3.49. The van der Waals surface area contributed by atoms with Gasteiger partial charge in [0, 0.05) is 41.9 Å². The minimum absolute atomic E-state index is 0.0819. The van der Waals surface area contributed by atoms with Gasteiger partial charge >= 0.3 is 0 Å². The molecular weight excluding hydrogens is 450 g/mol. The maximum Gasteiger partial charge on any atom is 0.252 e. The molecule has 4 aromatic rings. The molecule has 176 valence electrons. The number of benzene rings is 2. The number of aryl methyl sites for hydroxylation is 3. The number of nitrogens with one attached hydrogen (secondary N) is 1. The molecule has 4 rings (SSSR count). The second kappa shape index (κ2) is 9.40. The first-order chi connectivity index (χ1) is 16.2. The van der Waals surface area contributed by atoms with Gasteiger partial charge in [-0.15, -0.1) is 0 Å². The van der Waals surface area contributed by atoms with Crippen molar-refractivity contribution in [2.24, 2.45) is 0 Å². The van der Waals surface area contributed by atoms with Crippen molar-refractivity contribution < 1.29 is 13.2 Å². The van der Waals surface area contributed by atoms with Crippen molar-refractivity contribution in [3.63, 3.8) is 0 Å². The van der Waals surface area contributed by atoms with Gasteiger partial charge in [-0.25, -0.2) is 8.42 Å². The smallest absolute Gasteiger partial charge is 0.252 e. The Morgan fingerprint density at radius 2 is 1.74 bits per heavy atom. The fraction of sp³-hybridized carbons (Fsp3) is 0.231. The van der Waals surface area contributed by atoms with Crippen LogP contribution in [0.5, 0.6) is 5.75 Å². The van der Waals surface area contributed by atoms with Crippen LogP contribution in [0.25, 0.3) is 10.9 Å². The van der Waals surface area contributed by atoms with E-state index in [0.29, 0.717) is 28.0 Å². The summed E-state index contributed by atoms with van der Waals surface area (Å²) in [5.41, 5.74) is 3.73. The van der Waals surface area contributed by atoms with Crippen LogP contribution in [0.15, 0.2) is 70.6 Å². The summed E-state index contributed by atoms with van der Waals surface area (Å²) in [6.45, 7) is 5.52. The molecule has 0 fully saturated rings. The van der Waals surface area contributed by atoms with Crippen molar-refractivity contribution in [3.05, 3.63) is 99.1 Å². The molecule has 0 aliphatic rings. The predicted molar refractivity (Wildman–Crippen MR) is 132 cm³/mol. The first-order valence-corrected chi connectivity index (χ1v) is 12.3. The summed E-state index contributed by atoms with van der Waals surface area (Å²) >= 11 is 0. The summed E-state index contributed by atoms with van der Waals surface area (Å²) < 4.78 is 34.5. The van der Waals surface area contributed by atoms with E-state index in [9.17, 15) is 13.2 Å². The monoisotopic (exact) mass is 477 g/mol. The molecule has 0 saturated heterocycles. The second-order valence-corrected chi connectivity index (χ2v) is 10.3. The van der Waals surface area contributed by atoms with Gasteiger partial charge in [0.25, 0.3) is 5.56 Å². The lowest BCUT2D eigenvalue weighted by molar-refractivity contribution is 0.398. The lowest BCUT2D eigenvalue weighted by Crippen LogP contribution is -2.33. The molecule has 2 aromatic carbocycles. The Labute approximate surface area is 199 Å². The van der Waals surface area contributed by atoms with Gasteiger partial charge in [-0.1, -0.05) is 23.8 Å². The molecule has 8 heteroatoms. The van der Waals surface area contributed by atoms with E-state index in [1.165, 1.54) is 4.31 Å². The summed E-state index contributed by atoms with van der Waals surface area (Å²) in [4.78, 5) is 20.1. The molecule has 34 heavy (non-hydrogen) atoms. The largest absolute Gasteiger partial charge is 0.497 e. The zero-order chi connectivity index (χ0) is 24.5. The van der Waals surface area contributed by atoms with E-state index >= 15 is 0 Å². The molecule has 0 atom stereocenters. The highest BCUT2D eigenvalue weighted by atomic mass is 32.2. The third kappa shape index (κ3) is 4.73. The fourth-order valence-corrected chi connectivity index (χ4v) is 6.11. The topological polar surface area (TPSA) is 92.4 Å². The first kappa shape index (κ1) is 23.7. The third-order valence-electron chi connectivity index (χ3n) is 5.76. The normalized spacial score (nSPS) is 11.8. The SMILES string of the molecule is COc1ccc2[nH]c(=O)c(CN(Cc3cccnc3)S(=O)(=O)c3c(C)cc(C)cc3C)cc2c1. The van der Waals surface area contributed by atoms with Crippen molar-refractivity contribution in [1.29, 1.82) is 0 Å². The molecular formula is C26H27N3O4S. The molecule has 7 nitrogen and oxygen atoms in total. The summed E-state index contributed by atoms with van der Waals surface area (Å²) in [5.74, 6) is 0.649. The van der Waals surface area contributed by atoms with Crippen LogP contribution in [-0.4, -0.2) is 29.8 Å². The molecule has 0 spiro atoms. The van der Waals surface area contributed by atoms with Gasteiger partial charge in [-0.2, -0.15) is 4.31 Å². The van der Waals surface area contributed by atoms with Crippen LogP contribution < -0.4 is 10.3 Å². The molecule has 0 amide bonds. The molecule has 0 saturated carbocycles. The highest BCUT2D eigenvalue weighted by molar-refractivity contribution is 7.89. The van der Waals surface area contributed by atoms with Crippen molar-refractivity contribution in [2.45, 2.75) is 38.8 Å². The van der Waals surface area contributed by atoms with Gasteiger partial charge in [0.2, 0.25) is 10.0 Å². The predicted octanol–water partition coefficient (Wildman–Crippen LogP) is 4.25. The maximum absolute atomic E-state index is 13.9. The van der Waals surface area contributed by atoms with Crippen LogP contribution in [0.2, 0.25) is 0 Å². The standard InChI is InChI=1S/C26H27N3O4S/c1-17-10-18(2)25(19(3)11-17)34(31,32)29(15-20-6-5-9-27-14-20)16-22-12-21-13-23(33-4)7-8-24(21)28-26(22)30/h5-14H,15-16H2,1-4H3,(H,28,30). The first-order valence-electron chi connectivity index (χ1n) is 10.9. The van der Waals surface area contributed by atoms with Crippen LogP contribution in [0.1, 0.15) is 27.8 Å². The number of aromatic nitrogens is 2. The van der Waals surface area contributed by atoms with E-state index in [4.69, 9.17) is 4.74 Å². The summed E-state index contributed by atoms with van der Waals surface area (Å²) in [7, 11) is -2.36. The van der Waals surface area contributed by atoms with Crippen molar-refractivity contribution in [1.82, 2.24) is 14.3 Å². The number of H-pyrrole nitrogens is 1. The number of pyridine rings is 2. The Kier molecular flexibility index (Phi) is 6.54. The van der Waals surface area contributed by atoms with Crippen molar-refractivity contribution in [3.8, 4) is 5.75 Å². The van der Waals surface area contributed by atoms with Crippen LogP contribution >= 0.6 is 0 Å². The number of ether oxygens (including phenoxy) is 1. The molecule has 2 heterocycles. The highest BCUT2D eigenvalue weighted by Gasteiger charge is 2.29. The summed E-state index contributed by atoms with van der Waals surface area (Å²) in [5, 5.41) is 0.760. The van der Waals surface area contributed by atoms with Gasteiger partial charge in [-0.05, 0) is 67.8 Å². The zero-order valence-corrected chi connectivity index (χ0v) is 20.4. The molecule has 0 unspecified atom stereocenters. The lowest BCUT2D eigenvalue weighted by atomic mass is 10.1. The van der Waals surface area contributed by atoms with Crippen LogP contribution in [0.4, 0.5) is 0 Å². The third-order valence-corrected chi connectivity index (χ3v) is 7.86. The summed E-state index contributed by atoms with van der Waals surface area (Å²) in [6.07, 6.45) is 3.27. The minimum atomic E-state index is -3.93. The number of hydrogen-bond donors (Lipinski definition) is 1. The number of rotatable bonds is 7. The quantitative estimate of drug-likeness (QED) is 0.430. The molecule has 0 aliphatic carbocycles. The molecule has 0 bridgehead atoms. The van der Waals surface area contributed by atoms with E-state index in [-0.39, 0.29) is 23.5 Å². The Balaban J connectivity index is 1.83. The second-order valence-electron chi connectivity index (χ2n) is 8.44.